The Morgan fingerprint density at radius 3 is 2.43 bits per heavy atom. The SMILES string of the molecule is CCOC(=O)CCCC(=O)c1ccc(C(F)(F)F)c(Cl)c1. The number of hydrogen-bond acceptors (Lipinski definition) is 3. The lowest BCUT2D eigenvalue weighted by molar-refractivity contribution is -0.143. The second-order valence-electron chi connectivity index (χ2n) is 4.27. The first-order valence-electron chi connectivity index (χ1n) is 6.31. The molecule has 0 saturated carbocycles. The first-order chi connectivity index (χ1) is 9.75. The zero-order valence-corrected chi connectivity index (χ0v) is 12.1. The number of Topliss-reactive ketones (excluding diaryl/α,β-unsaturated/α-hetero) is 1. The Morgan fingerprint density at radius 2 is 1.90 bits per heavy atom. The second-order valence-corrected chi connectivity index (χ2v) is 4.68. The molecule has 21 heavy (non-hydrogen) atoms. The molecule has 0 atom stereocenters. The van der Waals surface area contributed by atoms with Crippen molar-refractivity contribution in [3.63, 3.8) is 0 Å². The molecular formula is C14H14ClF3O3. The van der Waals surface area contributed by atoms with Gasteiger partial charge in [0.05, 0.1) is 17.2 Å². The van der Waals surface area contributed by atoms with Gasteiger partial charge in [-0.2, -0.15) is 13.2 Å². The molecule has 0 aliphatic carbocycles. The molecule has 0 unspecified atom stereocenters. The lowest BCUT2D eigenvalue weighted by atomic mass is 10.0. The van der Waals surface area contributed by atoms with Crippen LogP contribution in [0.5, 0.6) is 0 Å². The number of carbonyl (C=O) groups is 2. The maximum atomic E-state index is 12.5. The van der Waals surface area contributed by atoms with E-state index in [0.717, 1.165) is 18.2 Å². The van der Waals surface area contributed by atoms with Gasteiger partial charge in [-0.05, 0) is 25.5 Å². The summed E-state index contributed by atoms with van der Waals surface area (Å²) in [4.78, 5) is 22.9. The fraction of sp³-hybridized carbons (Fsp3) is 0.429. The van der Waals surface area contributed by atoms with E-state index >= 15 is 0 Å². The lowest BCUT2D eigenvalue weighted by Gasteiger charge is -2.10. The Balaban J connectivity index is 2.64. The largest absolute Gasteiger partial charge is 0.466 e. The monoisotopic (exact) mass is 322 g/mol. The number of esters is 1. The summed E-state index contributed by atoms with van der Waals surface area (Å²) in [7, 11) is 0. The molecule has 0 aliphatic rings. The molecule has 1 aromatic carbocycles. The number of carbonyl (C=O) groups excluding carboxylic acids is 2. The van der Waals surface area contributed by atoms with Crippen molar-refractivity contribution in [2.75, 3.05) is 6.61 Å². The molecule has 0 fully saturated rings. The fourth-order valence-electron chi connectivity index (χ4n) is 1.69. The van der Waals surface area contributed by atoms with Crippen molar-refractivity contribution in [1.82, 2.24) is 0 Å². The van der Waals surface area contributed by atoms with E-state index in [4.69, 9.17) is 16.3 Å². The highest BCUT2D eigenvalue weighted by molar-refractivity contribution is 6.31. The normalized spacial score (nSPS) is 11.3. The molecule has 0 spiro atoms. The zero-order valence-electron chi connectivity index (χ0n) is 11.3. The zero-order chi connectivity index (χ0) is 16.0. The van der Waals surface area contributed by atoms with Crippen molar-refractivity contribution in [2.45, 2.75) is 32.4 Å². The predicted octanol–water partition coefficient (Wildman–Crippen LogP) is 4.27. The quantitative estimate of drug-likeness (QED) is 0.580. The van der Waals surface area contributed by atoms with Gasteiger partial charge in [-0.15, -0.1) is 0 Å². The molecule has 116 valence electrons. The van der Waals surface area contributed by atoms with Crippen LogP contribution >= 0.6 is 11.6 Å². The summed E-state index contributed by atoms with van der Waals surface area (Å²) in [5, 5.41) is -0.515. The van der Waals surface area contributed by atoms with Gasteiger partial charge in [-0.3, -0.25) is 9.59 Å². The van der Waals surface area contributed by atoms with Crippen LogP contribution in [0.25, 0.3) is 0 Å². The van der Waals surface area contributed by atoms with Gasteiger partial charge in [0.1, 0.15) is 0 Å². The summed E-state index contributed by atoms with van der Waals surface area (Å²) in [6.45, 7) is 1.94. The maximum absolute atomic E-state index is 12.5. The summed E-state index contributed by atoms with van der Waals surface area (Å²) < 4.78 is 42.3. The predicted molar refractivity (Wildman–Crippen MR) is 71.3 cm³/mol. The van der Waals surface area contributed by atoms with Crippen molar-refractivity contribution >= 4 is 23.4 Å². The average Bonchev–Trinajstić information content (AvgIpc) is 2.37. The number of halogens is 4. The summed E-state index contributed by atoms with van der Waals surface area (Å²) in [6, 6.07) is 2.86. The third-order valence-electron chi connectivity index (χ3n) is 2.69. The molecule has 0 bridgehead atoms. The highest BCUT2D eigenvalue weighted by Crippen LogP contribution is 2.35. The number of ketones is 1. The number of benzene rings is 1. The van der Waals surface area contributed by atoms with Crippen molar-refractivity contribution in [1.29, 1.82) is 0 Å². The Hall–Kier alpha value is -1.56. The smallest absolute Gasteiger partial charge is 0.417 e. The summed E-state index contributed by atoms with van der Waals surface area (Å²) >= 11 is 5.54. The van der Waals surface area contributed by atoms with Crippen LogP contribution < -0.4 is 0 Å². The van der Waals surface area contributed by atoms with Gasteiger partial charge in [0.25, 0.3) is 0 Å². The minimum Gasteiger partial charge on any atom is -0.466 e. The minimum absolute atomic E-state index is 0.0422. The van der Waals surface area contributed by atoms with Crippen molar-refractivity contribution in [3.8, 4) is 0 Å². The van der Waals surface area contributed by atoms with Crippen molar-refractivity contribution in [2.24, 2.45) is 0 Å². The number of rotatable bonds is 6. The van der Waals surface area contributed by atoms with Gasteiger partial charge >= 0.3 is 12.1 Å². The molecule has 1 aromatic rings. The van der Waals surface area contributed by atoms with E-state index in [2.05, 4.69) is 0 Å². The number of alkyl halides is 3. The van der Waals surface area contributed by atoms with Crippen LogP contribution in [0.4, 0.5) is 13.2 Å². The summed E-state index contributed by atoms with van der Waals surface area (Å²) in [5.41, 5.74) is -0.885. The van der Waals surface area contributed by atoms with Crippen LogP contribution in [0, 0.1) is 0 Å². The molecule has 0 saturated heterocycles. The molecular weight excluding hydrogens is 309 g/mol. The second kappa shape index (κ2) is 7.45. The number of hydrogen-bond donors (Lipinski definition) is 0. The van der Waals surface area contributed by atoms with Gasteiger partial charge in [0.15, 0.2) is 5.78 Å². The standard InChI is InChI=1S/C14H14ClF3O3/c1-2-21-13(20)5-3-4-12(19)9-6-7-10(11(15)8-9)14(16,17)18/h6-8H,2-5H2,1H3. The molecule has 0 amide bonds. The Morgan fingerprint density at radius 1 is 1.24 bits per heavy atom. The maximum Gasteiger partial charge on any atom is 0.417 e. The molecule has 7 heteroatoms. The van der Waals surface area contributed by atoms with E-state index < -0.39 is 22.7 Å². The fourth-order valence-corrected chi connectivity index (χ4v) is 1.98. The molecule has 0 N–H and O–H groups in total. The van der Waals surface area contributed by atoms with Crippen molar-refractivity contribution < 1.29 is 27.5 Å². The summed E-state index contributed by atoms with van der Waals surface area (Å²) in [5.74, 6) is -0.773. The van der Waals surface area contributed by atoms with Crippen LogP contribution in [0.3, 0.4) is 0 Å². The van der Waals surface area contributed by atoms with Crippen LogP contribution in [0.1, 0.15) is 42.1 Å². The molecule has 0 heterocycles. The lowest BCUT2D eigenvalue weighted by Crippen LogP contribution is -2.08. The first kappa shape index (κ1) is 17.5. The van der Waals surface area contributed by atoms with Gasteiger partial charge in [-0.1, -0.05) is 17.7 Å². The Labute approximate surface area is 125 Å². The van der Waals surface area contributed by atoms with E-state index in [1.54, 1.807) is 6.92 Å². The first-order valence-corrected chi connectivity index (χ1v) is 6.69. The third-order valence-corrected chi connectivity index (χ3v) is 3.00. The third kappa shape index (κ3) is 5.38. The minimum atomic E-state index is -4.55. The van der Waals surface area contributed by atoms with E-state index in [1.807, 2.05) is 0 Å². The Bertz CT molecular complexity index is 527. The van der Waals surface area contributed by atoms with E-state index in [1.165, 1.54) is 0 Å². The van der Waals surface area contributed by atoms with E-state index in [9.17, 15) is 22.8 Å². The van der Waals surface area contributed by atoms with Gasteiger partial charge in [0, 0.05) is 18.4 Å². The van der Waals surface area contributed by atoms with Crippen LogP contribution in [-0.4, -0.2) is 18.4 Å². The topological polar surface area (TPSA) is 43.4 Å². The molecule has 3 nitrogen and oxygen atoms in total. The van der Waals surface area contributed by atoms with Gasteiger partial charge < -0.3 is 4.74 Å². The van der Waals surface area contributed by atoms with E-state index in [-0.39, 0.29) is 37.2 Å². The molecule has 0 aliphatic heterocycles. The average molecular weight is 323 g/mol. The van der Waals surface area contributed by atoms with Gasteiger partial charge in [-0.25, -0.2) is 0 Å². The highest BCUT2D eigenvalue weighted by atomic mass is 35.5. The highest BCUT2D eigenvalue weighted by Gasteiger charge is 2.33. The number of ether oxygens (including phenoxy) is 1. The van der Waals surface area contributed by atoms with Crippen LogP contribution in [0.15, 0.2) is 18.2 Å². The van der Waals surface area contributed by atoms with Crippen molar-refractivity contribution in [3.05, 3.63) is 34.3 Å². The molecule has 1 rings (SSSR count). The summed E-state index contributed by atoms with van der Waals surface area (Å²) in [6.07, 6.45) is -4.15. The van der Waals surface area contributed by atoms with Crippen LogP contribution in [0.2, 0.25) is 5.02 Å². The molecule has 0 aromatic heterocycles. The van der Waals surface area contributed by atoms with E-state index in [0.29, 0.717) is 0 Å². The van der Waals surface area contributed by atoms with Gasteiger partial charge in [0.2, 0.25) is 0 Å². The molecule has 0 radical (unpaired) electrons. The Kier molecular flexibility index (Phi) is 6.20. The van der Waals surface area contributed by atoms with Crippen LogP contribution in [-0.2, 0) is 15.7 Å².